The second-order valence-corrected chi connectivity index (χ2v) is 6.15. The van der Waals surface area contributed by atoms with E-state index in [2.05, 4.69) is 13.8 Å². The summed E-state index contributed by atoms with van der Waals surface area (Å²) < 4.78 is 5.72. The van der Waals surface area contributed by atoms with Gasteiger partial charge in [-0.25, -0.2) is 0 Å². The number of esters is 1. The van der Waals surface area contributed by atoms with Crippen molar-refractivity contribution in [2.45, 2.75) is 97.5 Å². The van der Waals surface area contributed by atoms with Crippen LogP contribution in [0.3, 0.4) is 0 Å². The molecule has 0 aliphatic rings. The van der Waals surface area contributed by atoms with E-state index in [0.717, 1.165) is 57.8 Å². The lowest BCUT2D eigenvalue weighted by atomic mass is 9.90. The van der Waals surface area contributed by atoms with Crippen LogP contribution < -0.4 is 0 Å². The molecule has 1 unspecified atom stereocenters. The molecular weight excluding hydrogens is 280 g/mol. The third-order valence-corrected chi connectivity index (χ3v) is 4.52. The molecule has 0 rings (SSSR count). The number of carbonyl (C=O) groups is 2. The largest absolute Gasteiger partial charge is 0.481 e. The Bertz CT molecular complexity index is 321. The summed E-state index contributed by atoms with van der Waals surface area (Å²) in [4.78, 5) is 23.7. The highest BCUT2D eigenvalue weighted by Crippen LogP contribution is 2.29. The molecule has 0 amide bonds. The summed E-state index contributed by atoms with van der Waals surface area (Å²) in [5.41, 5.74) is -0.495. The van der Waals surface area contributed by atoms with Crippen LogP contribution in [0.2, 0.25) is 0 Å². The normalized spacial score (nSPS) is 12.9. The van der Waals surface area contributed by atoms with Gasteiger partial charge in [-0.15, -0.1) is 0 Å². The van der Waals surface area contributed by atoms with Gasteiger partial charge in [-0.2, -0.15) is 0 Å². The highest BCUT2D eigenvalue weighted by Gasteiger charge is 2.35. The number of rotatable bonds is 13. The molecular formula is C18H34O4. The zero-order valence-electron chi connectivity index (χ0n) is 14.8. The fourth-order valence-corrected chi connectivity index (χ4v) is 2.72. The van der Waals surface area contributed by atoms with E-state index in [1.54, 1.807) is 0 Å². The van der Waals surface area contributed by atoms with E-state index >= 15 is 0 Å². The third kappa shape index (κ3) is 7.28. The predicted octanol–water partition coefficient (Wildman–Crippen LogP) is 4.95. The molecule has 1 N–H and O–H groups in total. The van der Waals surface area contributed by atoms with Crippen LogP contribution in [-0.4, -0.2) is 22.6 Å². The van der Waals surface area contributed by atoms with E-state index in [1.165, 1.54) is 0 Å². The topological polar surface area (TPSA) is 63.6 Å². The number of hydrogen-bond acceptors (Lipinski definition) is 3. The van der Waals surface area contributed by atoms with Gasteiger partial charge in [0.1, 0.15) is 5.60 Å². The minimum absolute atomic E-state index is 0.375. The summed E-state index contributed by atoms with van der Waals surface area (Å²) in [6.45, 7) is 8.21. The molecule has 0 radical (unpaired) electrons. The summed E-state index contributed by atoms with van der Waals surface area (Å²) in [5, 5.41) is 9.30. The van der Waals surface area contributed by atoms with Crippen LogP contribution in [0, 0.1) is 5.92 Å². The Morgan fingerprint density at radius 3 is 1.95 bits per heavy atom. The maximum absolute atomic E-state index is 12.3. The number of ether oxygens (including phenoxy) is 1. The van der Waals surface area contributed by atoms with Gasteiger partial charge < -0.3 is 9.84 Å². The minimum atomic E-state index is -1.06. The molecule has 0 fully saturated rings. The Labute approximate surface area is 135 Å². The molecule has 0 saturated carbocycles. The Hall–Kier alpha value is -1.06. The van der Waals surface area contributed by atoms with E-state index < -0.39 is 23.5 Å². The molecule has 0 bridgehead atoms. The molecule has 4 heteroatoms. The average molecular weight is 314 g/mol. The second kappa shape index (κ2) is 11.5. The smallest absolute Gasteiger partial charge is 0.320 e. The summed E-state index contributed by atoms with van der Waals surface area (Å²) in [7, 11) is 0. The summed E-state index contributed by atoms with van der Waals surface area (Å²) in [5.74, 6) is -2.63. The zero-order valence-corrected chi connectivity index (χ0v) is 14.8. The van der Waals surface area contributed by atoms with Gasteiger partial charge in [-0.05, 0) is 32.1 Å². The number of carbonyl (C=O) groups excluding carboxylic acids is 1. The van der Waals surface area contributed by atoms with Crippen LogP contribution in [-0.2, 0) is 14.3 Å². The molecule has 4 nitrogen and oxygen atoms in total. The number of carboxylic acid groups (broad SMARTS) is 1. The molecule has 0 aromatic carbocycles. The van der Waals surface area contributed by atoms with Crippen molar-refractivity contribution in [1.82, 2.24) is 0 Å². The van der Waals surface area contributed by atoms with Gasteiger partial charge in [-0.1, -0.05) is 59.8 Å². The maximum Gasteiger partial charge on any atom is 0.320 e. The predicted molar refractivity (Wildman–Crippen MR) is 88.8 cm³/mol. The van der Waals surface area contributed by atoms with Crippen LogP contribution in [0.4, 0.5) is 0 Å². The zero-order chi connectivity index (χ0) is 17.0. The lowest BCUT2D eigenvalue weighted by Crippen LogP contribution is -2.38. The molecule has 22 heavy (non-hydrogen) atoms. The van der Waals surface area contributed by atoms with Gasteiger partial charge in [-0.3, -0.25) is 9.59 Å². The first kappa shape index (κ1) is 20.9. The quantitative estimate of drug-likeness (QED) is 0.297. The van der Waals surface area contributed by atoms with Gasteiger partial charge in [0.05, 0.1) is 0 Å². The Morgan fingerprint density at radius 2 is 1.50 bits per heavy atom. The van der Waals surface area contributed by atoms with Crippen LogP contribution in [0.1, 0.15) is 91.9 Å². The lowest BCUT2D eigenvalue weighted by Gasteiger charge is -2.32. The molecule has 130 valence electrons. The first-order chi connectivity index (χ1) is 10.5. The number of unbranched alkanes of at least 4 members (excludes halogenated alkanes) is 4. The van der Waals surface area contributed by atoms with Gasteiger partial charge >= 0.3 is 11.9 Å². The van der Waals surface area contributed by atoms with Gasteiger partial charge in [0.15, 0.2) is 5.92 Å². The van der Waals surface area contributed by atoms with E-state index in [-0.39, 0.29) is 0 Å². The maximum atomic E-state index is 12.3. The van der Waals surface area contributed by atoms with Crippen LogP contribution >= 0.6 is 0 Å². The SMILES string of the molecule is CCCCCC(C(=O)O)C(=O)OC(CC)(CC)CCCCC. The van der Waals surface area contributed by atoms with Crippen molar-refractivity contribution in [1.29, 1.82) is 0 Å². The Balaban J connectivity index is 4.77. The first-order valence-electron chi connectivity index (χ1n) is 8.91. The van der Waals surface area contributed by atoms with Crippen LogP contribution in [0.25, 0.3) is 0 Å². The minimum Gasteiger partial charge on any atom is -0.481 e. The number of carboxylic acids is 1. The molecule has 0 heterocycles. The van der Waals surface area contributed by atoms with E-state index in [0.29, 0.717) is 6.42 Å². The number of aliphatic carboxylic acids is 1. The van der Waals surface area contributed by atoms with Crippen LogP contribution in [0.5, 0.6) is 0 Å². The van der Waals surface area contributed by atoms with Crippen LogP contribution in [0.15, 0.2) is 0 Å². The van der Waals surface area contributed by atoms with Crippen molar-refractivity contribution >= 4 is 11.9 Å². The summed E-state index contributed by atoms with van der Waals surface area (Å²) >= 11 is 0. The van der Waals surface area contributed by atoms with Crippen molar-refractivity contribution in [3.05, 3.63) is 0 Å². The van der Waals surface area contributed by atoms with Crippen molar-refractivity contribution in [3.8, 4) is 0 Å². The fourth-order valence-electron chi connectivity index (χ4n) is 2.72. The highest BCUT2D eigenvalue weighted by molar-refractivity contribution is 5.94. The highest BCUT2D eigenvalue weighted by atomic mass is 16.6. The molecule has 0 aromatic heterocycles. The van der Waals surface area contributed by atoms with E-state index in [4.69, 9.17) is 4.74 Å². The Kier molecular flexibility index (Phi) is 10.9. The second-order valence-electron chi connectivity index (χ2n) is 6.15. The van der Waals surface area contributed by atoms with Crippen molar-refractivity contribution < 1.29 is 19.4 Å². The molecule has 0 aliphatic heterocycles. The third-order valence-electron chi connectivity index (χ3n) is 4.52. The van der Waals surface area contributed by atoms with Gasteiger partial charge in [0.2, 0.25) is 0 Å². The number of hydrogen-bond donors (Lipinski definition) is 1. The van der Waals surface area contributed by atoms with Crippen molar-refractivity contribution in [2.75, 3.05) is 0 Å². The lowest BCUT2D eigenvalue weighted by molar-refractivity contribution is -0.172. The first-order valence-corrected chi connectivity index (χ1v) is 8.91. The summed E-state index contributed by atoms with van der Waals surface area (Å²) in [6.07, 6.45) is 8.61. The van der Waals surface area contributed by atoms with E-state index in [1.807, 2.05) is 13.8 Å². The van der Waals surface area contributed by atoms with Crippen molar-refractivity contribution in [2.24, 2.45) is 5.92 Å². The van der Waals surface area contributed by atoms with Crippen molar-refractivity contribution in [3.63, 3.8) is 0 Å². The average Bonchev–Trinajstić information content (AvgIpc) is 2.50. The van der Waals surface area contributed by atoms with E-state index in [9.17, 15) is 14.7 Å². The molecule has 0 aliphatic carbocycles. The monoisotopic (exact) mass is 314 g/mol. The fraction of sp³-hybridized carbons (Fsp3) is 0.889. The molecule has 0 spiro atoms. The molecule has 0 saturated heterocycles. The Morgan fingerprint density at radius 1 is 0.955 bits per heavy atom. The van der Waals surface area contributed by atoms with Gasteiger partial charge in [0, 0.05) is 0 Å². The molecule has 0 aromatic rings. The standard InChI is InChI=1S/C18H34O4/c1-5-9-11-13-15(16(19)20)17(21)22-18(7-3,8-4)14-12-10-6-2/h15H,5-14H2,1-4H3,(H,19,20). The summed E-state index contributed by atoms with van der Waals surface area (Å²) in [6, 6.07) is 0. The van der Waals surface area contributed by atoms with Gasteiger partial charge in [0.25, 0.3) is 0 Å². The molecule has 1 atom stereocenters.